The topological polar surface area (TPSA) is 81.3 Å². The van der Waals surface area contributed by atoms with Gasteiger partial charge in [0, 0.05) is 5.56 Å². The number of nitrogens with zero attached hydrogens (tertiary/aromatic N) is 1. The van der Waals surface area contributed by atoms with Gasteiger partial charge in [0.1, 0.15) is 0 Å². The molecule has 17 heavy (non-hydrogen) atoms. The minimum Gasteiger partial charge on any atom is -0.481 e. The molecule has 1 rings (SSSR count). The lowest BCUT2D eigenvalue weighted by Crippen LogP contribution is -2.06. The molecule has 0 aromatic heterocycles. The number of halogens is 2. The summed E-state index contributed by atoms with van der Waals surface area (Å²) >= 11 is 0. The Labute approximate surface area is 95.7 Å². The second-order valence-corrected chi connectivity index (χ2v) is 3.35. The lowest BCUT2D eigenvalue weighted by Gasteiger charge is -2.10. The van der Waals surface area contributed by atoms with E-state index < -0.39 is 31.0 Å². The molecule has 0 saturated heterocycles. The molecule has 0 aliphatic rings. The van der Waals surface area contributed by atoms with E-state index in [9.17, 15) is 13.6 Å². The number of aliphatic carboxylic acids is 1. The number of aliphatic hydroxyl groups is 1. The van der Waals surface area contributed by atoms with Crippen molar-refractivity contribution in [2.75, 3.05) is 0 Å². The van der Waals surface area contributed by atoms with Crippen molar-refractivity contribution >= 4 is 5.97 Å². The van der Waals surface area contributed by atoms with Crippen molar-refractivity contribution in [3.05, 3.63) is 34.4 Å². The van der Waals surface area contributed by atoms with Crippen LogP contribution in [0.25, 0.3) is 0 Å². The largest absolute Gasteiger partial charge is 0.481 e. The first kappa shape index (κ1) is 13.1. The van der Waals surface area contributed by atoms with E-state index in [0.29, 0.717) is 0 Å². The molecule has 4 nitrogen and oxygen atoms in total. The van der Waals surface area contributed by atoms with E-state index in [1.807, 2.05) is 0 Å². The minimum absolute atomic E-state index is 0.0600. The van der Waals surface area contributed by atoms with E-state index in [-0.39, 0.29) is 16.7 Å². The van der Waals surface area contributed by atoms with Gasteiger partial charge in [0.2, 0.25) is 0 Å². The normalized spacial score (nSPS) is 10.3. The summed E-state index contributed by atoms with van der Waals surface area (Å²) in [7, 11) is 0. The zero-order valence-corrected chi connectivity index (χ0v) is 8.65. The lowest BCUT2D eigenvalue weighted by molar-refractivity contribution is -0.136. The van der Waals surface area contributed by atoms with Crippen molar-refractivity contribution in [1.82, 2.24) is 0 Å². The predicted molar refractivity (Wildman–Crippen MR) is 53.4 cm³/mol. The molecule has 1 aromatic carbocycles. The van der Waals surface area contributed by atoms with Crippen LogP contribution in [-0.2, 0) is 17.8 Å². The van der Waals surface area contributed by atoms with E-state index in [2.05, 4.69) is 0 Å². The Morgan fingerprint density at radius 3 is 2.47 bits per heavy atom. The van der Waals surface area contributed by atoms with Crippen LogP contribution in [0.4, 0.5) is 8.78 Å². The number of carboxylic acids is 1. The van der Waals surface area contributed by atoms with E-state index >= 15 is 0 Å². The zero-order chi connectivity index (χ0) is 13.0. The minimum atomic E-state index is -2.82. The molecule has 0 aliphatic heterocycles. The molecule has 0 radical (unpaired) electrons. The number of aliphatic hydroxyl groups excluding tert-OH is 1. The number of hydrogen-bond donors (Lipinski definition) is 2. The molecular weight excluding hydrogens is 232 g/mol. The Hall–Kier alpha value is -2.00. The molecule has 0 bridgehead atoms. The Morgan fingerprint density at radius 2 is 2.06 bits per heavy atom. The quantitative estimate of drug-likeness (QED) is 0.839. The summed E-state index contributed by atoms with van der Waals surface area (Å²) in [5.74, 6) is -1.17. The predicted octanol–water partition coefficient (Wildman–Crippen LogP) is 1.62. The lowest BCUT2D eigenvalue weighted by atomic mass is 9.97. The highest BCUT2D eigenvalue weighted by molar-refractivity contribution is 5.71. The van der Waals surface area contributed by atoms with Crippen molar-refractivity contribution in [2.45, 2.75) is 19.5 Å². The zero-order valence-electron chi connectivity index (χ0n) is 8.65. The van der Waals surface area contributed by atoms with Crippen molar-refractivity contribution in [3.63, 3.8) is 0 Å². The van der Waals surface area contributed by atoms with Gasteiger partial charge in [-0.05, 0) is 17.2 Å². The third kappa shape index (κ3) is 2.98. The number of carbonyl (C=O) groups is 1. The van der Waals surface area contributed by atoms with Crippen LogP contribution in [0.5, 0.6) is 0 Å². The van der Waals surface area contributed by atoms with Crippen molar-refractivity contribution in [1.29, 1.82) is 5.26 Å². The van der Waals surface area contributed by atoms with Crippen LogP contribution in [0.1, 0.15) is 28.7 Å². The van der Waals surface area contributed by atoms with E-state index in [1.165, 1.54) is 0 Å². The van der Waals surface area contributed by atoms with E-state index in [1.54, 1.807) is 6.07 Å². The third-order valence-electron chi connectivity index (χ3n) is 2.23. The van der Waals surface area contributed by atoms with Gasteiger partial charge in [0.25, 0.3) is 6.43 Å². The smallest absolute Gasteiger partial charge is 0.307 e. The molecule has 0 amide bonds. The monoisotopic (exact) mass is 241 g/mol. The van der Waals surface area contributed by atoms with Gasteiger partial charge < -0.3 is 10.2 Å². The Morgan fingerprint density at radius 1 is 1.41 bits per heavy atom. The van der Waals surface area contributed by atoms with Crippen molar-refractivity contribution in [2.24, 2.45) is 0 Å². The van der Waals surface area contributed by atoms with Gasteiger partial charge in [-0.3, -0.25) is 4.79 Å². The third-order valence-corrected chi connectivity index (χ3v) is 2.23. The summed E-state index contributed by atoms with van der Waals surface area (Å²) in [5.41, 5.74) is -0.498. The summed E-state index contributed by atoms with van der Waals surface area (Å²) < 4.78 is 25.2. The molecule has 0 spiro atoms. The number of hydrogen-bond acceptors (Lipinski definition) is 3. The van der Waals surface area contributed by atoms with Crippen LogP contribution in [0, 0.1) is 11.3 Å². The number of benzene rings is 1. The van der Waals surface area contributed by atoms with Gasteiger partial charge in [-0.15, -0.1) is 0 Å². The van der Waals surface area contributed by atoms with Gasteiger partial charge in [0.05, 0.1) is 24.7 Å². The van der Waals surface area contributed by atoms with Gasteiger partial charge in [-0.2, -0.15) is 5.26 Å². The second-order valence-electron chi connectivity index (χ2n) is 3.35. The van der Waals surface area contributed by atoms with Crippen LogP contribution in [0.3, 0.4) is 0 Å². The number of alkyl halides is 2. The molecule has 90 valence electrons. The average Bonchev–Trinajstić information content (AvgIpc) is 2.27. The van der Waals surface area contributed by atoms with Crippen molar-refractivity contribution in [3.8, 4) is 6.07 Å². The fraction of sp³-hybridized carbons (Fsp3) is 0.273. The molecule has 2 N–H and O–H groups in total. The maximum atomic E-state index is 12.6. The molecule has 0 aliphatic carbocycles. The first-order chi connectivity index (χ1) is 7.99. The first-order valence-electron chi connectivity index (χ1n) is 4.66. The summed E-state index contributed by atoms with van der Waals surface area (Å²) in [6.45, 7) is -0.627. The fourth-order valence-electron chi connectivity index (χ4n) is 1.47. The molecule has 0 atom stereocenters. The van der Waals surface area contributed by atoms with Crippen LogP contribution in [-0.4, -0.2) is 16.2 Å². The standard InChI is InChI=1S/C11H9F2NO3/c12-11(13)9-2-7(4-14)6(3-10(16)17)1-8(9)5-15/h1-2,11,15H,3,5H2,(H,16,17). The molecule has 1 aromatic rings. The second kappa shape index (κ2) is 5.37. The summed E-state index contributed by atoms with van der Waals surface area (Å²) in [6.07, 6.45) is -3.26. The maximum Gasteiger partial charge on any atom is 0.307 e. The number of nitriles is 1. The Bertz CT molecular complexity index is 480. The highest BCUT2D eigenvalue weighted by Crippen LogP contribution is 2.26. The Kier molecular flexibility index (Phi) is 4.12. The molecule has 0 unspecified atom stereocenters. The van der Waals surface area contributed by atoms with E-state index in [0.717, 1.165) is 12.1 Å². The van der Waals surface area contributed by atoms with E-state index in [4.69, 9.17) is 15.5 Å². The summed E-state index contributed by atoms with van der Waals surface area (Å²) in [6, 6.07) is 3.73. The summed E-state index contributed by atoms with van der Waals surface area (Å²) in [4.78, 5) is 10.5. The molecular formula is C11H9F2NO3. The highest BCUT2D eigenvalue weighted by atomic mass is 19.3. The number of rotatable bonds is 4. The van der Waals surface area contributed by atoms with Crippen molar-refractivity contribution < 1.29 is 23.8 Å². The van der Waals surface area contributed by atoms with Gasteiger partial charge in [-0.25, -0.2) is 8.78 Å². The van der Waals surface area contributed by atoms with Crippen LogP contribution in [0.2, 0.25) is 0 Å². The SMILES string of the molecule is N#Cc1cc(C(F)F)c(CO)cc1CC(=O)O. The van der Waals surface area contributed by atoms with Crippen LogP contribution < -0.4 is 0 Å². The van der Waals surface area contributed by atoms with Gasteiger partial charge in [-0.1, -0.05) is 6.07 Å². The molecule has 0 fully saturated rings. The van der Waals surface area contributed by atoms with Gasteiger partial charge in [0.15, 0.2) is 0 Å². The van der Waals surface area contributed by atoms with Crippen LogP contribution in [0.15, 0.2) is 12.1 Å². The summed E-state index contributed by atoms with van der Waals surface area (Å²) in [5, 5.41) is 26.3. The van der Waals surface area contributed by atoms with Crippen LogP contribution >= 0.6 is 0 Å². The average molecular weight is 241 g/mol. The highest BCUT2D eigenvalue weighted by Gasteiger charge is 2.17. The van der Waals surface area contributed by atoms with Gasteiger partial charge >= 0.3 is 5.97 Å². The molecule has 6 heteroatoms. The molecule has 0 saturated carbocycles. The molecule has 0 heterocycles. The fourth-order valence-corrected chi connectivity index (χ4v) is 1.47. The number of carboxylic acid groups (broad SMARTS) is 1. The Balaban J connectivity index is 3.33. The maximum absolute atomic E-state index is 12.6. The first-order valence-corrected chi connectivity index (χ1v) is 4.66.